The lowest BCUT2D eigenvalue weighted by molar-refractivity contribution is -0.142. The van der Waals surface area contributed by atoms with Crippen molar-refractivity contribution in [1.29, 1.82) is 0 Å². The normalized spacial score (nSPS) is 12.5. The second kappa shape index (κ2) is 13.3. The first kappa shape index (κ1) is 27.6. The standard InChI is InChI=1S/C19H28N8O7S/c1-33-13(29)7-22-16(30)11(24-12(28)4-3-10(20)18(32)34-2)8-35-6-5-27-9-23-15-14(27)17(31)26-19(21)25-15/h9-11H,3-8,20H2,1-2H3,(H,22,30)(H,24,28)(H3,21,25,26,31). The molecule has 7 N–H and O–H groups in total. The van der Waals surface area contributed by atoms with Crippen LogP contribution in [-0.4, -0.2) is 87.6 Å². The van der Waals surface area contributed by atoms with E-state index in [0.717, 1.165) is 0 Å². The molecule has 192 valence electrons. The zero-order valence-corrected chi connectivity index (χ0v) is 20.1. The Hall–Kier alpha value is -3.66. The van der Waals surface area contributed by atoms with Crippen molar-refractivity contribution in [3.63, 3.8) is 0 Å². The molecule has 2 unspecified atom stereocenters. The van der Waals surface area contributed by atoms with E-state index in [0.29, 0.717) is 12.3 Å². The maximum absolute atomic E-state index is 12.5. The monoisotopic (exact) mass is 512 g/mol. The molecule has 0 saturated heterocycles. The predicted octanol–water partition coefficient (Wildman–Crippen LogP) is -2.51. The van der Waals surface area contributed by atoms with E-state index in [1.54, 1.807) is 4.57 Å². The minimum atomic E-state index is -0.976. The molecular formula is C19H28N8O7S. The molecule has 2 amide bonds. The number of fused-ring (bicyclic) bond motifs is 1. The fourth-order valence-electron chi connectivity index (χ4n) is 2.90. The van der Waals surface area contributed by atoms with Crippen LogP contribution in [0.25, 0.3) is 11.2 Å². The molecule has 2 heterocycles. The Morgan fingerprint density at radius 3 is 2.69 bits per heavy atom. The van der Waals surface area contributed by atoms with Crippen LogP contribution in [0.1, 0.15) is 12.8 Å². The number of imidazole rings is 1. The smallest absolute Gasteiger partial charge is 0.325 e. The number of aromatic amines is 1. The number of ether oxygens (including phenoxy) is 2. The number of thioether (sulfide) groups is 1. The summed E-state index contributed by atoms with van der Waals surface area (Å²) in [6.07, 6.45) is 1.38. The molecule has 2 aromatic rings. The number of nitrogens with zero attached hydrogens (tertiary/aromatic N) is 3. The van der Waals surface area contributed by atoms with Crippen molar-refractivity contribution in [2.45, 2.75) is 31.5 Å². The third-order valence-corrected chi connectivity index (χ3v) is 5.78. The average Bonchev–Trinajstić information content (AvgIpc) is 3.24. The average molecular weight is 513 g/mol. The van der Waals surface area contributed by atoms with Gasteiger partial charge in [0.15, 0.2) is 11.2 Å². The van der Waals surface area contributed by atoms with Gasteiger partial charge in [-0.15, -0.1) is 0 Å². The van der Waals surface area contributed by atoms with Gasteiger partial charge in [0.1, 0.15) is 18.6 Å². The first-order valence-corrected chi connectivity index (χ1v) is 11.6. The molecule has 2 aromatic heterocycles. The highest BCUT2D eigenvalue weighted by Crippen LogP contribution is 2.10. The van der Waals surface area contributed by atoms with E-state index in [4.69, 9.17) is 11.5 Å². The third kappa shape index (κ3) is 8.25. The number of carbonyl (C=O) groups excluding carboxylic acids is 4. The number of nitrogens with two attached hydrogens (primary N) is 2. The number of amides is 2. The van der Waals surface area contributed by atoms with Crippen molar-refractivity contribution in [2.75, 3.05) is 38.0 Å². The molecule has 0 aromatic carbocycles. The summed E-state index contributed by atoms with van der Waals surface area (Å²) < 4.78 is 10.6. The van der Waals surface area contributed by atoms with E-state index in [1.165, 1.54) is 32.3 Å². The molecule has 0 aliphatic rings. The second-order valence-electron chi connectivity index (χ2n) is 7.22. The van der Waals surface area contributed by atoms with Crippen molar-refractivity contribution in [1.82, 2.24) is 30.2 Å². The summed E-state index contributed by atoms with van der Waals surface area (Å²) in [7, 11) is 2.37. The number of aromatic nitrogens is 4. The Morgan fingerprint density at radius 1 is 1.26 bits per heavy atom. The molecule has 0 spiro atoms. The van der Waals surface area contributed by atoms with Crippen LogP contribution in [0.5, 0.6) is 0 Å². The number of hydrogen-bond acceptors (Lipinski definition) is 12. The second-order valence-corrected chi connectivity index (χ2v) is 8.37. The van der Waals surface area contributed by atoms with Crippen LogP contribution in [0.4, 0.5) is 5.95 Å². The van der Waals surface area contributed by atoms with Gasteiger partial charge in [0.05, 0.1) is 20.5 Å². The molecule has 16 heteroatoms. The minimum absolute atomic E-state index is 0.0307. The number of H-pyrrole nitrogens is 1. The number of nitrogens with one attached hydrogen (secondary N) is 3. The summed E-state index contributed by atoms with van der Waals surface area (Å²) in [5.74, 6) is -1.80. The Balaban J connectivity index is 1.95. The van der Waals surface area contributed by atoms with Crippen molar-refractivity contribution in [3.05, 3.63) is 16.7 Å². The fourth-order valence-corrected chi connectivity index (χ4v) is 3.86. The van der Waals surface area contributed by atoms with Crippen molar-refractivity contribution >= 4 is 52.6 Å². The molecule has 0 bridgehead atoms. The number of aryl methyl sites for hydroxylation is 1. The summed E-state index contributed by atoms with van der Waals surface area (Å²) in [5, 5.41) is 4.98. The molecule has 15 nitrogen and oxygen atoms in total. The number of hydrogen-bond donors (Lipinski definition) is 5. The zero-order chi connectivity index (χ0) is 26.0. The van der Waals surface area contributed by atoms with Crippen LogP contribution in [0.3, 0.4) is 0 Å². The van der Waals surface area contributed by atoms with Gasteiger partial charge in [0, 0.05) is 24.5 Å². The largest absolute Gasteiger partial charge is 0.468 e. The SMILES string of the molecule is COC(=O)CNC(=O)C(CSCCn1cnc2nc(N)[nH]c(=O)c21)NC(=O)CCC(N)C(=O)OC. The summed E-state index contributed by atoms with van der Waals surface area (Å²) in [4.78, 5) is 70.2. The molecule has 2 rings (SSSR count). The van der Waals surface area contributed by atoms with Crippen LogP contribution in [-0.2, 0) is 35.2 Å². The topological polar surface area (TPSA) is 226 Å². The number of anilines is 1. The van der Waals surface area contributed by atoms with Crippen LogP contribution in [0.2, 0.25) is 0 Å². The first-order chi connectivity index (χ1) is 16.7. The minimum Gasteiger partial charge on any atom is -0.468 e. The van der Waals surface area contributed by atoms with Gasteiger partial charge in [-0.1, -0.05) is 0 Å². The van der Waals surface area contributed by atoms with E-state index in [1.807, 2.05) is 0 Å². The molecule has 0 fully saturated rings. The Labute approximate surface area is 203 Å². The van der Waals surface area contributed by atoms with E-state index in [-0.39, 0.29) is 42.3 Å². The highest BCUT2D eigenvalue weighted by atomic mass is 32.2. The summed E-state index contributed by atoms with van der Waals surface area (Å²) >= 11 is 1.32. The molecule has 2 atom stereocenters. The summed E-state index contributed by atoms with van der Waals surface area (Å²) in [6.45, 7) is 0.00773. The lowest BCUT2D eigenvalue weighted by Gasteiger charge is -2.18. The quantitative estimate of drug-likeness (QED) is 0.138. The summed E-state index contributed by atoms with van der Waals surface area (Å²) in [5.41, 5.74) is 11.2. The highest BCUT2D eigenvalue weighted by Gasteiger charge is 2.23. The Kier molecular flexibility index (Phi) is 10.5. The first-order valence-electron chi connectivity index (χ1n) is 10.4. The number of methoxy groups -OCH3 is 2. The van der Waals surface area contributed by atoms with Crippen LogP contribution < -0.4 is 27.7 Å². The number of esters is 2. The zero-order valence-electron chi connectivity index (χ0n) is 19.2. The van der Waals surface area contributed by atoms with E-state index < -0.39 is 41.4 Å². The van der Waals surface area contributed by atoms with Gasteiger partial charge < -0.3 is 36.1 Å². The van der Waals surface area contributed by atoms with Crippen LogP contribution in [0, 0.1) is 0 Å². The van der Waals surface area contributed by atoms with Crippen molar-refractivity contribution in [2.24, 2.45) is 5.73 Å². The van der Waals surface area contributed by atoms with Gasteiger partial charge in [0.2, 0.25) is 17.8 Å². The summed E-state index contributed by atoms with van der Waals surface area (Å²) in [6, 6.07) is -1.94. The maximum atomic E-state index is 12.5. The molecule has 35 heavy (non-hydrogen) atoms. The van der Waals surface area contributed by atoms with E-state index in [2.05, 4.69) is 35.1 Å². The molecular weight excluding hydrogens is 484 g/mol. The molecule has 0 aliphatic heterocycles. The van der Waals surface area contributed by atoms with Crippen molar-refractivity contribution in [3.8, 4) is 0 Å². The van der Waals surface area contributed by atoms with Gasteiger partial charge in [-0.05, 0) is 6.42 Å². The van der Waals surface area contributed by atoms with Gasteiger partial charge in [-0.2, -0.15) is 16.7 Å². The van der Waals surface area contributed by atoms with E-state index in [9.17, 15) is 24.0 Å². The lowest BCUT2D eigenvalue weighted by atomic mass is 10.1. The van der Waals surface area contributed by atoms with Gasteiger partial charge >= 0.3 is 11.9 Å². The van der Waals surface area contributed by atoms with Gasteiger partial charge in [0.25, 0.3) is 5.56 Å². The van der Waals surface area contributed by atoms with Gasteiger partial charge in [-0.25, -0.2) is 4.98 Å². The number of carbonyl (C=O) groups is 4. The van der Waals surface area contributed by atoms with Crippen LogP contribution in [0.15, 0.2) is 11.1 Å². The Morgan fingerprint density at radius 2 is 2.00 bits per heavy atom. The number of nitrogen functional groups attached to an aromatic ring is 1. The number of rotatable bonds is 13. The highest BCUT2D eigenvalue weighted by molar-refractivity contribution is 7.99. The molecule has 0 radical (unpaired) electrons. The van der Waals surface area contributed by atoms with Crippen LogP contribution >= 0.6 is 11.8 Å². The third-order valence-electron chi connectivity index (χ3n) is 4.74. The maximum Gasteiger partial charge on any atom is 0.325 e. The fraction of sp³-hybridized carbons (Fsp3) is 0.526. The van der Waals surface area contributed by atoms with Gasteiger partial charge in [-0.3, -0.25) is 29.0 Å². The molecule has 0 saturated carbocycles. The predicted molar refractivity (Wildman–Crippen MR) is 126 cm³/mol. The lowest BCUT2D eigenvalue weighted by Crippen LogP contribution is -2.49. The molecule has 0 aliphatic carbocycles. The van der Waals surface area contributed by atoms with E-state index >= 15 is 0 Å². The van der Waals surface area contributed by atoms with Crippen molar-refractivity contribution < 1.29 is 28.7 Å². The Bertz CT molecular complexity index is 1120.